The summed E-state index contributed by atoms with van der Waals surface area (Å²) >= 11 is 0. The Bertz CT molecular complexity index is 519. The van der Waals surface area contributed by atoms with Gasteiger partial charge in [0.15, 0.2) is 0 Å². The highest BCUT2D eigenvalue weighted by atomic mass is 16.6. The Labute approximate surface area is 132 Å². The van der Waals surface area contributed by atoms with Gasteiger partial charge in [0.25, 0.3) is 0 Å². The van der Waals surface area contributed by atoms with E-state index in [9.17, 15) is 4.79 Å². The van der Waals surface area contributed by atoms with Gasteiger partial charge in [0.2, 0.25) is 5.95 Å². The van der Waals surface area contributed by atoms with E-state index in [4.69, 9.17) is 4.74 Å². The van der Waals surface area contributed by atoms with Crippen molar-refractivity contribution in [3.8, 4) is 0 Å². The van der Waals surface area contributed by atoms with Crippen LogP contribution in [-0.4, -0.2) is 40.8 Å². The first-order chi connectivity index (χ1) is 10.2. The maximum Gasteiger partial charge on any atom is 0.407 e. The summed E-state index contributed by atoms with van der Waals surface area (Å²) < 4.78 is 5.32. The number of rotatable bonds is 2. The number of hydrogen-bond donors (Lipinski definition) is 1. The molecule has 1 saturated heterocycles. The van der Waals surface area contributed by atoms with Crippen LogP contribution in [0.2, 0.25) is 0 Å². The van der Waals surface area contributed by atoms with Gasteiger partial charge in [-0.15, -0.1) is 0 Å². The fourth-order valence-corrected chi connectivity index (χ4v) is 2.60. The molecule has 122 valence electrons. The van der Waals surface area contributed by atoms with E-state index < -0.39 is 5.60 Å². The Hall–Kier alpha value is -1.85. The van der Waals surface area contributed by atoms with Crippen LogP contribution in [0.1, 0.15) is 45.0 Å². The van der Waals surface area contributed by atoms with Gasteiger partial charge in [0.05, 0.1) is 0 Å². The van der Waals surface area contributed by atoms with Gasteiger partial charge in [0, 0.05) is 30.5 Å². The van der Waals surface area contributed by atoms with Gasteiger partial charge in [-0.25, -0.2) is 14.8 Å². The van der Waals surface area contributed by atoms with Crippen LogP contribution in [0.3, 0.4) is 0 Å². The van der Waals surface area contributed by atoms with Gasteiger partial charge in [-0.2, -0.15) is 0 Å². The van der Waals surface area contributed by atoms with Crippen LogP contribution in [0.4, 0.5) is 10.7 Å². The second-order valence-corrected chi connectivity index (χ2v) is 6.88. The van der Waals surface area contributed by atoms with Crippen molar-refractivity contribution in [2.75, 3.05) is 18.0 Å². The number of alkyl carbamates (subject to hydrolysis) is 1. The molecule has 0 aliphatic carbocycles. The van der Waals surface area contributed by atoms with E-state index in [1.165, 1.54) is 0 Å². The van der Waals surface area contributed by atoms with Crippen molar-refractivity contribution in [1.82, 2.24) is 15.3 Å². The highest BCUT2D eigenvalue weighted by Gasteiger charge is 2.25. The molecule has 0 bridgehead atoms. The van der Waals surface area contributed by atoms with Crippen LogP contribution in [0.15, 0.2) is 6.07 Å². The van der Waals surface area contributed by atoms with E-state index >= 15 is 0 Å². The van der Waals surface area contributed by atoms with Crippen LogP contribution in [0.25, 0.3) is 0 Å². The molecule has 1 aliphatic heterocycles. The average molecular weight is 306 g/mol. The van der Waals surface area contributed by atoms with Gasteiger partial charge in [0.1, 0.15) is 5.60 Å². The number of nitrogens with zero attached hydrogens (tertiary/aromatic N) is 3. The van der Waals surface area contributed by atoms with E-state index in [2.05, 4.69) is 20.2 Å². The molecule has 1 aromatic heterocycles. The molecule has 22 heavy (non-hydrogen) atoms. The maximum atomic E-state index is 11.9. The highest BCUT2D eigenvalue weighted by molar-refractivity contribution is 5.68. The molecule has 0 saturated carbocycles. The number of ether oxygens (including phenoxy) is 1. The highest BCUT2D eigenvalue weighted by Crippen LogP contribution is 2.17. The standard InChI is InChI=1S/C16H26N4O2/c1-11-9-12(2)18-14(17-11)20-8-6-7-13(10-20)19-15(21)22-16(3,4)5/h9,13H,6-8,10H2,1-5H3,(H,19,21)/t13-/m0/s1. The lowest BCUT2D eigenvalue weighted by molar-refractivity contribution is 0.0500. The van der Waals surface area contributed by atoms with E-state index in [1.807, 2.05) is 40.7 Å². The molecule has 1 amide bonds. The van der Waals surface area contributed by atoms with Crippen molar-refractivity contribution in [1.29, 1.82) is 0 Å². The molecule has 1 fully saturated rings. The quantitative estimate of drug-likeness (QED) is 0.909. The van der Waals surface area contributed by atoms with E-state index in [-0.39, 0.29) is 12.1 Å². The third-order valence-corrected chi connectivity index (χ3v) is 3.40. The molecule has 6 nitrogen and oxygen atoms in total. The summed E-state index contributed by atoms with van der Waals surface area (Å²) in [5, 5.41) is 2.95. The summed E-state index contributed by atoms with van der Waals surface area (Å²) in [6, 6.07) is 2.03. The minimum absolute atomic E-state index is 0.0630. The fourth-order valence-electron chi connectivity index (χ4n) is 2.60. The number of aryl methyl sites for hydroxylation is 2. The Morgan fingerprint density at radius 3 is 2.55 bits per heavy atom. The first kappa shape index (κ1) is 16.5. The topological polar surface area (TPSA) is 67.4 Å². The molecule has 1 aromatic rings. The lowest BCUT2D eigenvalue weighted by Crippen LogP contribution is -2.49. The molecule has 6 heteroatoms. The zero-order valence-electron chi connectivity index (χ0n) is 14.1. The van der Waals surface area contributed by atoms with E-state index in [1.54, 1.807) is 0 Å². The molecule has 2 heterocycles. The average Bonchev–Trinajstić information content (AvgIpc) is 2.35. The SMILES string of the molecule is Cc1cc(C)nc(N2CCC[C@H](NC(=O)OC(C)(C)C)C2)n1. The fraction of sp³-hybridized carbons (Fsp3) is 0.688. The Kier molecular flexibility index (Phi) is 4.88. The third-order valence-electron chi connectivity index (χ3n) is 3.40. The predicted octanol–water partition coefficient (Wildman–Crippen LogP) is 2.59. The Morgan fingerprint density at radius 2 is 1.95 bits per heavy atom. The molecule has 0 radical (unpaired) electrons. The molecule has 0 unspecified atom stereocenters. The Morgan fingerprint density at radius 1 is 1.32 bits per heavy atom. The van der Waals surface area contributed by atoms with Crippen LogP contribution >= 0.6 is 0 Å². The second kappa shape index (κ2) is 6.50. The van der Waals surface area contributed by atoms with Crippen molar-refractivity contribution < 1.29 is 9.53 Å². The van der Waals surface area contributed by atoms with Gasteiger partial charge in [-0.3, -0.25) is 0 Å². The number of carbonyl (C=O) groups is 1. The number of hydrogen-bond acceptors (Lipinski definition) is 5. The van der Waals surface area contributed by atoms with Crippen LogP contribution < -0.4 is 10.2 Å². The molecular formula is C16H26N4O2. The molecule has 0 aromatic carbocycles. The molecule has 1 N–H and O–H groups in total. The number of piperidine rings is 1. The minimum atomic E-state index is -0.477. The lowest BCUT2D eigenvalue weighted by Gasteiger charge is -2.33. The second-order valence-electron chi connectivity index (χ2n) is 6.88. The number of aromatic nitrogens is 2. The predicted molar refractivity (Wildman–Crippen MR) is 86.1 cm³/mol. The maximum absolute atomic E-state index is 11.9. The monoisotopic (exact) mass is 306 g/mol. The van der Waals surface area contributed by atoms with Crippen molar-refractivity contribution in [2.45, 2.75) is 59.1 Å². The Balaban J connectivity index is 1.98. The summed E-state index contributed by atoms with van der Waals surface area (Å²) in [4.78, 5) is 23.0. The molecular weight excluding hydrogens is 280 g/mol. The molecule has 0 spiro atoms. The van der Waals surface area contributed by atoms with E-state index in [0.717, 1.165) is 36.7 Å². The van der Waals surface area contributed by atoms with Crippen molar-refractivity contribution in [3.63, 3.8) is 0 Å². The van der Waals surface area contributed by atoms with Gasteiger partial charge >= 0.3 is 6.09 Å². The summed E-state index contributed by atoms with van der Waals surface area (Å²) in [5.41, 5.74) is 1.45. The van der Waals surface area contributed by atoms with Crippen molar-refractivity contribution in [2.24, 2.45) is 0 Å². The summed E-state index contributed by atoms with van der Waals surface area (Å²) in [6.07, 6.45) is 1.58. The van der Waals surface area contributed by atoms with Crippen LogP contribution in [-0.2, 0) is 4.74 Å². The first-order valence-corrected chi connectivity index (χ1v) is 7.80. The number of nitrogens with one attached hydrogen (secondary N) is 1. The number of carbonyl (C=O) groups excluding carboxylic acids is 1. The minimum Gasteiger partial charge on any atom is -0.444 e. The van der Waals surface area contributed by atoms with E-state index in [0.29, 0.717) is 6.54 Å². The van der Waals surface area contributed by atoms with Gasteiger partial charge < -0.3 is 15.0 Å². The summed E-state index contributed by atoms with van der Waals surface area (Å²) in [6.45, 7) is 11.2. The van der Waals surface area contributed by atoms with Gasteiger partial charge in [-0.05, 0) is 53.5 Å². The lowest BCUT2D eigenvalue weighted by atomic mass is 10.1. The smallest absolute Gasteiger partial charge is 0.407 e. The van der Waals surface area contributed by atoms with Crippen molar-refractivity contribution >= 4 is 12.0 Å². The largest absolute Gasteiger partial charge is 0.444 e. The first-order valence-electron chi connectivity index (χ1n) is 7.80. The molecule has 1 aliphatic rings. The molecule has 1 atom stereocenters. The normalized spacial score (nSPS) is 19.0. The van der Waals surface area contributed by atoms with Crippen LogP contribution in [0, 0.1) is 13.8 Å². The zero-order chi connectivity index (χ0) is 16.3. The summed E-state index contributed by atoms with van der Waals surface area (Å²) in [7, 11) is 0. The number of anilines is 1. The van der Waals surface area contributed by atoms with Gasteiger partial charge in [-0.1, -0.05) is 0 Å². The van der Waals surface area contributed by atoms with Crippen molar-refractivity contribution in [3.05, 3.63) is 17.5 Å². The van der Waals surface area contributed by atoms with Crippen LogP contribution in [0.5, 0.6) is 0 Å². The molecule has 2 rings (SSSR count). The summed E-state index contributed by atoms with van der Waals surface area (Å²) in [5.74, 6) is 0.744. The zero-order valence-corrected chi connectivity index (χ0v) is 14.1. The third kappa shape index (κ3) is 4.86. The number of amides is 1.